The first-order valence-corrected chi connectivity index (χ1v) is 9.23. The van der Waals surface area contributed by atoms with Crippen molar-refractivity contribution in [2.24, 2.45) is 0 Å². The van der Waals surface area contributed by atoms with E-state index in [4.69, 9.17) is 0 Å². The molecule has 0 bridgehead atoms. The van der Waals surface area contributed by atoms with Crippen molar-refractivity contribution >= 4 is 10.0 Å². The Morgan fingerprint density at radius 3 is 2.38 bits per heavy atom. The van der Waals surface area contributed by atoms with Crippen LogP contribution in [0.1, 0.15) is 40.0 Å². The van der Waals surface area contributed by atoms with Crippen molar-refractivity contribution in [3.63, 3.8) is 0 Å². The molecule has 0 unspecified atom stereocenters. The Hall–Kier alpha value is -0.920. The molecule has 0 saturated heterocycles. The molecule has 7 heteroatoms. The number of hydrogen-bond acceptors (Lipinski definition) is 4. The quantitative estimate of drug-likeness (QED) is 0.631. The number of rotatable bonds is 11. The molecule has 1 N–H and O–H groups in total. The van der Waals surface area contributed by atoms with Crippen molar-refractivity contribution in [3.05, 3.63) is 12.4 Å². The molecule has 6 nitrogen and oxygen atoms in total. The van der Waals surface area contributed by atoms with Crippen molar-refractivity contribution in [2.75, 3.05) is 26.2 Å². The molecular formula is C14H28N4O2S. The van der Waals surface area contributed by atoms with E-state index in [1.54, 1.807) is 15.2 Å². The van der Waals surface area contributed by atoms with Gasteiger partial charge in [0.05, 0.1) is 12.7 Å². The molecule has 0 aromatic carbocycles. The molecule has 0 spiro atoms. The van der Waals surface area contributed by atoms with Crippen LogP contribution in [0.3, 0.4) is 0 Å². The van der Waals surface area contributed by atoms with Crippen LogP contribution in [0.25, 0.3) is 0 Å². The van der Waals surface area contributed by atoms with Gasteiger partial charge in [0.25, 0.3) is 0 Å². The van der Waals surface area contributed by atoms with E-state index in [0.717, 1.165) is 32.4 Å². The fourth-order valence-corrected chi connectivity index (χ4v) is 3.67. The minimum absolute atomic E-state index is 0.292. The lowest BCUT2D eigenvalue weighted by molar-refractivity contribution is 0.410. The maximum absolute atomic E-state index is 12.6. The van der Waals surface area contributed by atoms with Gasteiger partial charge in [-0.05, 0) is 25.8 Å². The maximum atomic E-state index is 12.6. The van der Waals surface area contributed by atoms with Crippen LogP contribution < -0.4 is 5.32 Å². The SMILES string of the molecule is CCCNCCn1cc(S(=O)(=O)N(CCC)CCC)cn1. The third-order valence-corrected chi connectivity index (χ3v) is 4.99. The van der Waals surface area contributed by atoms with Crippen molar-refractivity contribution in [3.8, 4) is 0 Å². The van der Waals surface area contributed by atoms with Crippen molar-refractivity contribution in [1.82, 2.24) is 19.4 Å². The third-order valence-electron chi connectivity index (χ3n) is 3.14. The van der Waals surface area contributed by atoms with Gasteiger partial charge in [0, 0.05) is 25.8 Å². The summed E-state index contributed by atoms with van der Waals surface area (Å²) in [6, 6.07) is 0. The molecule has 1 aromatic heterocycles. The van der Waals surface area contributed by atoms with Crippen LogP contribution in [0.5, 0.6) is 0 Å². The molecule has 0 aliphatic carbocycles. The number of nitrogens with one attached hydrogen (secondary N) is 1. The van der Waals surface area contributed by atoms with Gasteiger partial charge < -0.3 is 5.32 Å². The minimum Gasteiger partial charge on any atom is -0.315 e. The van der Waals surface area contributed by atoms with Gasteiger partial charge in [0.15, 0.2) is 0 Å². The monoisotopic (exact) mass is 316 g/mol. The minimum atomic E-state index is -3.41. The molecule has 0 aliphatic rings. The maximum Gasteiger partial charge on any atom is 0.246 e. The van der Waals surface area contributed by atoms with E-state index < -0.39 is 10.0 Å². The lowest BCUT2D eigenvalue weighted by Gasteiger charge is -2.19. The van der Waals surface area contributed by atoms with Gasteiger partial charge in [0.1, 0.15) is 4.90 Å². The van der Waals surface area contributed by atoms with E-state index in [0.29, 0.717) is 24.5 Å². The second-order valence-corrected chi connectivity index (χ2v) is 7.03. The summed E-state index contributed by atoms with van der Waals surface area (Å²) in [4.78, 5) is 0.292. The molecular weight excluding hydrogens is 288 g/mol. The highest BCUT2D eigenvalue weighted by Gasteiger charge is 2.24. The average Bonchev–Trinajstić information content (AvgIpc) is 2.93. The van der Waals surface area contributed by atoms with E-state index in [-0.39, 0.29) is 0 Å². The second kappa shape index (κ2) is 9.17. The highest BCUT2D eigenvalue weighted by molar-refractivity contribution is 7.89. The Balaban J connectivity index is 2.72. The molecule has 21 heavy (non-hydrogen) atoms. The van der Waals surface area contributed by atoms with Crippen molar-refractivity contribution in [1.29, 1.82) is 0 Å². The van der Waals surface area contributed by atoms with Crippen molar-refractivity contribution in [2.45, 2.75) is 51.5 Å². The normalized spacial score (nSPS) is 12.2. The molecule has 1 aromatic rings. The fraction of sp³-hybridized carbons (Fsp3) is 0.786. The Morgan fingerprint density at radius 2 is 1.81 bits per heavy atom. The summed E-state index contributed by atoms with van der Waals surface area (Å²) in [5.41, 5.74) is 0. The first-order valence-electron chi connectivity index (χ1n) is 7.79. The van der Waals surface area contributed by atoms with E-state index in [1.165, 1.54) is 6.20 Å². The van der Waals surface area contributed by atoms with Gasteiger partial charge in [-0.15, -0.1) is 0 Å². The Kier molecular flexibility index (Phi) is 7.92. The van der Waals surface area contributed by atoms with Crippen LogP contribution in [0.4, 0.5) is 0 Å². The Bertz CT molecular complexity index is 493. The molecule has 1 rings (SSSR count). The van der Waals surface area contributed by atoms with E-state index in [9.17, 15) is 8.42 Å². The van der Waals surface area contributed by atoms with E-state index >= 15 is 0 Å². The topological polar surface area (TPSA) is 67.2 Å². The number of sulfonamides is 1. The molecule has 0 radical (unpaired) electrons. The predicted molar refractivity (Wildman–Crippen MR) is 84.7 cm³/mol. The van der Waals surface area contributed by atoms with Crippen LogP contribution >= 0.6 is 0 Å². The van der Waals surface area contributed by atoms with Crippen LogP contribution in [0.2, 0.25) is 0 Å². The van der Waals surface area contributed by atoms with Crippen molar-refractivity contribution < 1.29 is 8.42 Å². The molecule has 0 saturated carbocycles. The zero-order chi connectivity index (χ0) is 15.7. The number of hydrogen-bond donors (Lipinski definition) is 1. The summed E-state index contributed by atoms with van der Waals surface area (Å²) in [5, 5.41) is 7.43. The average molecular weight is 316 g/mol. The Labute approximate surface area is 128 Å². The molecule has 0 atom stereocenters. The summed E-state index contributed by atoms with van der Waals surface area (Å²) in [6.45, 7) is 9.63. The summed E-state index contributed by atoms with van der Waals surface area (Å²) in [6.07, 6.45) is 5.79. The molecule has 0 amide bonds. The second-order valence-electron chi connectivity index (χ2n) is 5.09. The van der Waals surface area contributed by atoms with Crippen LogP contribution in [0.15, 0.2) is 17.3 Å². The molecule has 1 heterocycles. The summed E-state index contributed by atoms with van der Waals surface area (Å²) < 4.78 is 28.3. The van der Waals surface area contributed by atoms with Gasteiger partial charge in [-0.25, -0.2) is 8.42 Å². The zero-order valence-corrected chi connectivity index (χ0v) is 14.2. The largest absolute Gasteiger partial charge is 0.315 e. The first kappa shape index (κ1) is 18.1. The van der Waals surface area contributed by atoms with Gasteiger partial charge in [-0.3, -0.25) is 4.68 Å². The molecule has 0 fully saturated rings. The molecule has 0 aliphatic heterocycles. The standard InChI is InChI=1S/C14H28N4O2S/c1-4-7-15-8-11-17-13-14(12-16-17)21(19,20)18(9-5-2)10-6-3/h12-13,15H,4-11H2,1-3H3. The lowest BCUT2D eigenvalue weighted by Crippen LogP contribution is -2.32. The lowest BCUT2D eigenvalue weighted by atomic mass is 10.4. The summed E-state index contributed by atoms with van der Waals surface area (Å²) in [5.74, 6) is 0. The zero-order valence-electron chi connectivity index (χ0n) is 13.4. The molecule has 122 valence electrons. The number of aromatic nitrogens is 2. The first-order chi connectivity index (χ1) is 10.1. The summed E-state index contributed by atoms with van der Waals surface area (Å²) >= 11 is 0. The highest BCUT2D eigenvalue weighted by atomic mass is 32.2. The van der Waals surface area contributed by atoms with E-state index in [1.807, 2.05) is 13.8 Å². The Morgan fingerprint density at radius 1 is 1.14 bits per heavy atom. The van der Waals surface area contributed by atoms with Crippen LogP contribution in [-0.2, 0) is 16.6 Å². The van der Waals surface area contributed by atoms with Gasteiger partial charge in [0.2, 0.25) is 10.0 Å². The third kappa shape index (κ3) is 5.41. The smallest absolute Gasteiger partial charge is 0.246 e. The summed E-state index contributed by atoms with van der Waals surface area (Å²) in [7, 11) is -3.41. The van der Waals surface area contributed by atoms with Crippen LogP contribution in [0, 0.1) is 0 Å². The van der Waals surface area contributed by atoms with Gasteiger partial charge >= 0.3 is 0 Å². The van der Waals surface area contributed by atoms with Gasteiger partial charge in [-0.1, -0.05) is 20.8 Å². The van der Waals surface area contributed by atoms with Crippen LogP contribution in [-0.4, -0.2) is 48.7 Å². The predicted octanol–water partition coefficient (Wildman–Crippen LogP) is 1.69. The fourth-order valence-electron chi connectivity index (χ4n) is 2.10. The van der Waals surface area contributed by atoms with E-state index in [2.05, 4.69) is 17.3 Å². The van der Waals surface area contributed by atoms with Gasteiger partial charge in [-0.2, -0.15) is 9.40 Å². The number of nitrogens with zero attached hydrogens (tertiary/aromatic N) is 3. The highest BCUT2D eigenvalue weighted by Crippen LogP contribution is 2.15.